The molecule has 1 fully saturated rings. The van der Waals surface area contributed by atoms with E-state index in [9.17, 15) is 49.9 Å². The highest BCUT2D eigenvalue weighted by molar-refractivity contribution is 7.92. The number of amides is 2. The molecule has 6 aliphatic carbocycles. The van der Waals surface area contributed by atoms with Gasteiger partial charge in [0.2, 0.25) is 10.0 Å². The molecule has 10 atom stereocenters. The number of halogens is 7. The third kappa shape index (κ3) is 17.9. The van der Waals surface area contributed by atoms with E-state index in [4.69, 9.17) is 4.74 Å². The van der Waals surface area contributed by atoms with Crippen LogP contribution < -0.4 is 15.4 Å². The Kier molecular flexibility index (Phi) is 24.4. The molecule has 5 unspecified atom stereocenters. The number of aromatic nitrogens is 6. The maximum atomic E-state index is 15.2. The molecule has 0 radical (unpaired) electrons. The maximum Gasteiger partial charge on any atom is 0.311 e. The van der Waals surface area contributed by atoms with Crippen LogP contribution in [-0.4, -0.2) is 79.4 Å². The Labute approximate surface area is 652 Å². The number of carbonyl (C=O) groups excluding carboxylic acids is 3. The van der Waals surface area contributed by atoms with Crippen molar-refractivity contribution >= 4 is 33.9 Å². The van der Waals surface area contributed by atoms with E-state index in [0.29, 0.717) is 60.3 Å². The first-order chi connectivity index (χ1) is 54.5. The second-order valence-corrected chi connectivity index (χ2v) is 32.0. The minimum atomic E-state index is -3.64. The summed E-state index contributed by atoms with van der Waals surface area (Å²) in [4.78, 5) is 40.5. The number of esters is 1. The number of aliphatic hydroxyl groups excluding tert-OH is 1. The van der Waals surface area contributed by atoms with Crippen molar-refractivity contribution in [2.24, 2.45) is 24.8 Å². The van der Waals surface area contributed by atoms with Gasteiger partial charge in [-0.1, -0.05) is 122 Å². The minimum absolute atomic E-state index is 0.00276. The van der Waals surface area contributed by atoms with Crippen molar-refractivity contribution in [3.8, 4) is 11.4 Å². The van der Waals surface area contributed by atoms with Crippen molar-refractivity contribution in [2.75, 3.05) is 6.61 Å². The number of nitrogens with zero attached hydrogens (tertiary/aromatic N) is 6. The summed E-state index contributed by atoms with van der Waals surface area (Å²) in [6.07, 6.45) is 17.8. The Morgan fingerprint density at radius 1 is 0.566 bits per heavy atom. The van der Waals surface area contributed by atoms with Crippen molar-refractivity contribution in [1.29, 1.82) is 0 Å². The molecule has 113 heavy (non-hydrogen) atoms. The van der Waals surface area contributed by atoms with E-state index in [0.717, 1.165) is 146 Å². The first-order valence-corrected chi connectivity index (χ1v) is 40.5. The van der Waals surface area contributed by atoms with Gasteiger partial charge in [-0.05, 0) is 209 Å². The number of rotatable bonds is 19. The monoisotopic (exact) mass is 1560 g/mol. The van der Waals surface area contributed by atoms with Gasteiger partial charge in [0, 0.05) is 83.2 Å². The molecule has 16 nitrogen and oxygen atoms in total. The van der Waals surface area contributed by atoms with Crippen LogP contribution in [0.5, 0.6) is 0 Å². The molecule has 3 heterocycles. The van der Waals surface area contributed by atoms with Gasteiger partial charge in [0.1, 0.15) is 40.5 Å². The highest BCUT2D eigenvalue weighted by atomic mass is 32.2. The molecule has 2 bridgehead atoms. The summed E-state index contributed by atoms with van der Waals surface area (Å²) in [7, 11) is -1.72. The molecule has 10 aromatic rings. The fraction of sp³-hybridized carbons (Fsp3) is 0.348. The zero-order chi connectivity index (χ0) is 79.2. The van der Waals surface area contributed by atoms with Crippen molar-refractivity contribution < 1.29 is 63.4 Å². The molecule has 1 saturated carbocycles. The molecular weight excluding hydrogens is 1470 g/mol. The van der Waals surface area contributed by atoms with Crippen LogP contribution in [0.2, 0.25) is 0 Å². The zero-order valence-corrected chi connectivity index (χ0v) is 63.8. The second-order valence-electron chi connectivity index (χ2n) is 30.4. The van der Waals surface area contributed by atoms with Gasteiger partial charge in [0.05, 0.1) is 41.8 Å². The molecular formula is C89H90F7N9O7S. The normalized spacial score (nSPS) is 21.1. The molecule has 6 aliphatic rings. The first kappa shape index (κ1) is 79.1. The van der Waals surface area contributed by atoms with Crippen molar-refractivity contribution in [2.45, 2.75) is 165 Å². The smallest absolute Gasteiger partial charge is 0.311 e. The number of fused-ring (bicyclic) bond motifs is 6. The standard InChI is InChI=1S/C32H32F3N3O3.C31H28F3N3O2.C26H30FN3O2S/c1-2-41-32(40)27-19-10-11-20(16-19)28(27)36-31(39)29-24-9-4-3-7-21(14-18-6-5-8-22(33)15-18)30(24)38(37-29)26-13-12-23(34)17-25(26)35;32-21-9-5-6-18(15-21)14-20-8-2-4-11-24-29(36-37(30(20)24)26-13-12-22(33)17-25(26)34)31(39)35-28-23-10-3-1-7-19(23)16-27(28)38;1-19(21-8-4-3-5-9-21)29-33(31,32)17-16-25-24-11-7-6-10-22(26(24)30(2)28-25)18-20-12-14-23(27)15-13-20/h5-6,8,10-13,15,17,19-21,27-28H,2-4,7,9,14,16H2,1H3,(H,36,39);1,3,5-7,9-10,12-13,15,17,20,27-28,38H,2,4,8,11,14,16H2,(H,35,39);3-5,8-9,12-17,19,22,29H,6-7,10-11,18H2,1-2H3/b;;17-16+/t19?,20?,21?,27-,28+;20?,27-,28+;19-,22?/m000/s1. The average Bonchev–Trinajstić information content (AvgIpc) is 1.61. The Hall–Kier alpha value is -10.6. The summed E-state index contributed by atoms with van der Waals surface area (Å²) in [5.74, 6) is -5.70. The molecule has 4 N–H and O–H groups in total. The topological polar surface area (TPSA) is 204 Å². The summed E-state index contributed by atoms with van der Waals surface area (Å²) in [6.45, 7) is 3.84. The molecule has 0 aliphatic heterocycles. The number of nitrogens with one attached hydrogen (secondary N) is 3. The SMILES string of the molecule is CCOC(=O)[C@H]1C2C=CC(C2)[C@H]1NC(=O)c1nn(-c2ccc(F)cc2F)c2c1CCCCC2Cc1cccc(F)c1.C[C@H](NS(=O)(=O)/C=C/c1nn(C)c2c1CCCCC2Cc1ccc(F)cc1)c1ccccc1.O=C(N[C@@H]1c2ccccc2C[C@@H]1O)c1nn(-c2ccc(F)cc2F)c2c1CCCCC2Cc1cccc(F)c1. The summed E-state index contributed by atoms with van der Waals surface area (Å²) >= 11 is 0. The van der Waals surface area contributed by atoms with Gasteiger partial charge in [-0.2, -0.15) is 15.3 Å². The molecule has 588 valence electrons. The highest BCUT2D eigenvalue weighted by Crippen LogP contribution is 2.46. The van der Waals surface area contributed by atoms with E-state index >= 15 is 8.78 Å². The molecule has 0 saturated heterocycles. The van der Waals surface area contributed by atoms with Gasteiger partial charge in [0.25, 0.3) is 11.8 Å². The second kappa shape index (κ2) is 34.8. The summed E-state index contributed by atoms with van der Waals surface area (Å²) in [5.41, 5.74) is 11.6. The van der Waals surface area contributed by atoms with E-state index < -0.39 is 69.2 Å². The quantitative estimate of drug-likeness (QED) is 0.0261. The predicted octanol–water partition coefficient (Wildman–Crippen LogP) is 16.8. The Balaban J connectivity index is 0.000000141. The van der Waals surface area contributed by atoms with Crippen LogP contribution in [-0.2, 0) is 71.5 Å². The predicted molar refractivity (Wildman–Crippen MR) is 416 cm³/mol. The van der Waals surface area contributed by atoms with Gasteiger partial charge in [-0.3, -0.25) is 19.1 Å². The summed E-state index contributed by atoms with van der Waals surface area (Å²) in [5, 5.41) is 31.9. The van der Waals surface area contributed by atoms with Gasteiger partial charge in [0.15, 0.2) is 23.0 Å². The zero-order valence-electron chi connectivity index (χ0n) is 63.0. The van der Waals surface area contributed by atoms with E-state index in [-0.39, 0.29) is 88.4 Å². The third-order valence-electron chi connectivity index (χ3n) is 22.8. The number of aliphatic hydroxyl groups is 1. The number of benzene rings is 7. The fourth-order valence-corrected chi connectivity index (χ4v) is 18.7. The summed E-state index contributed by atoms with van der Waals surface area (Å²) in [6, 6.07) is 41.7. The molecule has 24 heteroatoms. The van der Waals surface area contributed by atoms with E-state index in [1.54, 1.807) is 25.1 Å². The molecule has 3 aromatic heterocycles. The average molecular weight is 1560 g/mol. The van der Waals surface area contributed by atoms with E-state index in [2.05, 4.69) is 30.7 Å². The minimum Gasteiger partial charge on any atom is -0.466 e. The van der Waals surface area contributed by atoms with Crippen LogP contribution in [0.1, 0.15) is 202 Å². The third-order valence-corrected chi connectivity index (χ3v) is 24.0. The lowest BCUT2D eigenvalue weighted by Gasteiger charge is -2.27. The number of carbonyl (C=O) groups is 3. The van der Waals surface area contributed by atoms with Crippen LogP contribution in [0, 0.1) is 58.5 Å². The summed E-state index contributed by atoms with van der Waals surface area (Å²) < 4.78 is 137. The lowest BCUT2D eigenvalue weighted by atomic mass is 9.88. The van der Waals surface area contributed by atoms with Crippen LogP contribution >= 0.6 is 0 Å². The van der Waals surface area contributed by atoms with Gasteiger partial charge in [-0.15, -0.1) is 0 Å². The van der Waals surface area contributed by atoms with E-state index in [1.807, 2.05) is 110 Å². The largest absolute Gasteiger partial charge is 0.466 e. The fourth-order valence-electron chi connectivity index (χ4n) is 17.7. The van der Waals surface area contributed by atoms with Gasteiger partial charge < -0.3 is 20.5 Å². The van der Waals surface area contributed by atoms with Crippen LogP contribution in [0.4, 0.5) is 30.7 Å². The van der Waals surface area contributed by atoms with Crippen molar-refractivity contribution in [3.05, 3.63) is 306 Å². The first-order valence-electron chi connectivity index (χ1n) is 39.0. The maximum absolute atomic E-state index is 15.2. The van der Waals surface area contributed by atoms with Crippen molar-refractivity contribution in [1.82, 2.24) is 44.7 Å². The Morgan fingerprint density at radius 3 is 1.65 bits per heavy atom. The Bertz CT molecular complexity index is 5320. The molecule has 7 aromatic carbocycles. The number of sulfonamides is 1. The number of hydrogen-bond acceptors (Lipinski definition) is 10. The van der Waals surface area contributed by atoms with Crippen LogP contribution in [0.15, 0.2) is 181 Å². The van der Waals surface area contributed by atoms with Gasteiger partial charge >= 0.3 is 5.97 Å². The lowest BCUT2D eigenvalue weighted by molar-refractivity contribution is -0.149. The van der Waals surface area contributed by atoms with Crippen LogP contribution in [0.25, 0.3) is 17.5 Å². The van der Waals surface area contributed by atoms with Crippen LogP contribution in [0.3, 0.4) is 0 Å². The molecule has 16 rings (SSSR count). The highest BCUT2D eigenvalue weighted by Gasteiger charge is 2.50. The molecule has 2 amide bonds. The molecule has 0 spiro atoms. The lowest BCUT2D eigenvalue weighted by Crippen LogP contribution is -2.46. The van der Waals surface area contributed by atoms with E-state index in [1.165, 1.54) is 63.3 Å². The van der Waals surface area contributed by atoms with Gasteiger partial charge in [-0.25, -0.2) is 53.2 Å². The number of hydrogen-bond donors (Lipinski definition) is 4. The van der Waals surface area contributed by atoms with Crippen molar-refractivity contribution in [3.63, 3.8) is 0 Å². The Morgan fingerprint density at radius 2 is 1.08 bits per heavy atom. The number of allylic oxidation sites excluding steroid dienone is 1. The number of ether oxygens (including phenoxy) is 1. The number of aryl methyl sites for hydroxylation is 1.